The molecule has 8 heteroatoms. The van der Waals surface area contributed by atoms with Gasteiger partial charge in [-0.05, 0) is 24.3 Å². The van der Waals surface area contributed by atoms with Crippen LogP contribution in [0.4, 0.5) is 19.0 Å². The third-order valence-corrected chi connectivity index (χ3v) is 3.75. The van der Waals surface area contributed by atoms with Gasteiger partial charge in [0.15, 0.2) is 0 Å². The molecule has 0 atom stereocenters. The zero-order valence-electron chi connectivity index (χ0n) is 13.3. The van der Waals surface area contributed by atoms with Crippen LogP contribution in [0.2, 0.25) is 0 Å². The largest absolute Gasteiger partial charge is 0.416 e. The van der Waals surface area contributed by atoms with Gasteiger partial charge in [-0.2, -0.15) is 13.2 Å². The van der Waals surface area contributed by atoms with E-state index in [1.165, 1.54) is 18.3 Å². The number of primary amides is 1. The normalized spacial score (nSPS) is 11.3. The van der Waals surface area contributed by atoms with E-state index in [4.69, 9.17) is 11.5 Å². The van der Waals surface area contributed by atoms with E-state index in [2.05, 4.69) is 9.97 Å². The van der Waals surface area contributed by atoms with Gasteiger partial charge in [0.05, 0.1) is 17.5 Å². The first-order valence-electron chi connectivity index (χ1n) is 7.46. The maximum absolute atomic E-state index is 12.7. The van der Waals surface area contributed by atoms with Gasteiger partial charge in [0.1, 0.15) is 11.5 Å². The lowest BCUT2D eigenvalue weighted by atomic mass is 10.1. The summed E-state index contributed by atoms with van der Waals surface area (Å²) in [5.41, 5.74) is 12.4. The van der Waals surface area contributed by atoms with Crippen LogP contribution in [0.1, 0.15) is 15.9 Å². The molecule has 1 aromatic heterocycles. The Labute approximate surface area is 146 Å². The highest BCUT2D eigenvalue weighted by molar-refractivity contribution is 5.93. The number of nitrogens with two attached hydrogens (primary N) is 2. The number of halogens is 3. The van der Waals surface area contributed by atoms with E-state index in [9.17, 15) is 18.0 Å². The number of amides is 1. The van der Waals surface area contributed by atoms with Crippen LogP contribution in [-0.4, -0.2) is 15.9 Å². The van der Waals surface area contributed by atoms with Crippen LogP contribution in [0.5, 0.6) is 0 Å². The molecule has 0 spiro atoms. The molecule has 0 aliphatic carbocycles. The summed E-state index contributed by atoms with van der Waals surface area (Å²) in [6.07, 6.45) is -2.97. The first kappa shape index (κ1) is 17.4. The maximum Gasteiger partial charge on any atom is 0.416 e. The van der Waals surface area contributed by atoms with Crippen LogP contribution in [0.15, 0.2) is 54.7 Å². The number of nitrogen functional groups attached to an aromatic ring is 1. The van der Waals surface area contributed by atoms with Gasteiger partial charge in [0.25, 0.3) is 0 Å². The number of alkyl halides is 3. The van der Waals surface area contributed by atoms with Crippen molar-refractivity contribution in [2.45, 2.75) is 6.18 Å². The minimum Gasteiger partial charge on any atom is -0.382 e. The lowest BCUT2D eigenvalue weighted by Gasteiger charge is -2.10. The summed E-state index contributed by atoms with van der Waals surface area (Å²) in [5, 5.41) is 0. The predicted molar refractivity (Wildman–Crippen MR) is 90.8 cm³/mol. The monoisotopic (exact) mass is 358 g/mol. The van der Waals surface area contributed by atoms with Crippen LogP contribution in [0.3, 0.4) is 0 Å². The van der Waals surface area contributed by atoms with Gasteiger partial charge < -0.3 is 11.5 Å². The lowest BCUT2D eigenvalue weighted by Crippen LogP contribution is -2.10. The second-order valence-electron chi connectivity index (χ2n) is 5.51. The van der Waals surface area contributed by atoms with Crippen LogP contribution >= 0.6 is 0 Å². The number of carbonyl (C=O) groups is 1. The molecule has 0 saturated heterocycles. The predicted octanol–water partition coefficient (Wildman–Crippen LogP) is 3.51. The Morgan fingerprint density at radius 1 is 0.923 bits per heavy atom. The van der Waals surface area contributed by atoms with E-state index >= 15 is 0 Å². The van der Waals surface area contributed by atoms with E-state index in [1.807, 2.05) is 0 Å². The minimum atomic E-state index is -4.42. The van der Waals surface area contributed by atoms with E-state index in [-0.39, 0.29) is 11.5 Å². The zero-order chi connectivity index (χ0) is 18.9. The highest BCUT2D eigenvalue weighted by atomic mass is 19.4. The molecule has 3 aromatic rings. The number of aromatic nitrogens is 2. The topological polar surface area (TPSA) is 94.9 Å². The molecule has 0 aliphatic rings. The van der Waals surface area contributed by atoms with Crippen molar-refractivity contribution in [1.29, 1.82) is 0 Å². The Balaban J connectivity index is 1.99. The maximum atomic E-state index is 12.7. The summed E-state index contributed by atoms with van der Waals surface area (Å²) in [4.78, 5) is 19.6. The van der Waals surface area contributed by atoms with Crippen LogP contribution < -0.4 is 11.5 Å². The third kappa shape index (κ3) is 3.49. The Morgan fingerprint density at radius 3 is 2.04 bits per heavy atom. The van der Waals surface area contributed by atoms with Gasteiger partial charge in [0.2, 0.25) is 5.91 Å². The number of rotatable bonds is 3. The fourth-order valence-corrected chi connectivity index (χ4v) is 2.37. The summed E-state index contributed by atoms with van der Waals surface area (Å²) in [5.74, 6) is -0.451. The van der Waals surface area contributed by atoms with Crippen molar-refractivity contribution in [3.05, 3.63) is 65.9 Å². The Kier molecular flexibility index (Phi) is 4.33. The quantitative estimate of drug-likeness (QED) is 0.749. The van der Waals surface area contributed by atoms with Crippen molar-refractivity contribution in [1.82, 2.24) is 9.97 Å². The Hall–Kier alpha value is -3.42. The first-order chi connectivity index (χ1) is 12.3. The number of nitrogens with zero attached hydrogens (tertiary/aromatic N) is 2. The second-order valence-corrected chi connectivity index (χ2v) is 5.51. The van der Waals surface area contributed by atoms with E-state index in [0.717, 1.165) is 12.1 Å². The second kappa shape index (κ2) is 6.47. The van der Waals surface area contributed by atoms with Crippen molar-refractivity contribution in [2.75, 3.05) is 5.73 Å². The number of hydrogen-bond acceptors (Lipinski definition) is 4. The molecule has 0 aliphatic heterocycles. The molecule has 2 aromatic carbocycles. The molecule has 0 unspecified atom stereocenters. The standard InChI is InChI=1S/C18H13F3N4O/c19-18(20,21)13-7-5-11(6-8-13)15-16(22)24-9-14(25-15)10-1-3-12(4-2-10)17(23)26/h1-9H,(H2,22,24)(H2,23,26). The van der Waals surface area contributed by atoms with E-state index in [0.29, 0.717) is 22.4 Å². The van der Waals surface area contributed by atoms with E-state index < -0.39 is 17.6 Å². The summed E-state index contributed by atoms with van der Waals surface area (Å²) < 4.78 is 38.1. The molecule has 0 fully saturated rings. The van der Waals surface area contributed by atoms with Crippen molar-refractivity contribution in [3.8, 4) is 22.5 Å². The van der Waals surface area contributed by atoms with Crippen molar-refractivity contribution < 1.29 is 18.0 Å². The fourth-order valence-electron chi connectivity index (χ4n) is 2.37. The third-order valence-electron chi connectivity index (χ3n) is 3.75. The number of hydrogen-bond donors (Lipinski definition) is 2. The number of benzene rings is 2. The molecule has 1 amide bonds. The van der Waals surface area contributed by atoms with Crippen LogP contribution in [0, 0.1) is 0 Å². The Bertz CT molecular complexity index is 952. The molecule has 0 bridgehead atoms. The van der Waals surface area contributed by atoms with Gasteiger partial charge in [-0.15, -0.1) is 0 Å². The molecule has 4 N–H and O–H groups in total. The molecule has 3 rings (SSSR count). The van der Waals surface area contributed by atoms with Crippen molar-refractivity contribution >= 4 is 11.7 Å². The molecule has 132 valence electrons. The SMILES string of the molecule is NC(=O)c1ccc(-c2cnc(N)c(-c3ccc(C(F)(F)F)cc3)n2)cc1. The fraction of sp³-hybridized carbons (Fsp3) is 0.0556. The molecule has 0 radical (unpaired) electrons. The van der Waals surface area contributed by atoms with Gasteiger partial charge in [-0.3, -0.25) is 4.79 Å². The molecular weight excluding hydrogens is 345 g/mol. The Morgan fingerprint density at radius 2 is 1.50 bits per heavy atom. The van der Waals surface area contributed by atoms with Crippen LogP contribution in [-0.2, 0) is 6.18 Å². The van der Waals surface area contributed by atoms with E-state index in [1.54, 1.807) is 24.3 Å². The van der Waals surface area contributed by atoms with Gasteiger partial charge >= 0.3 is 6.18 Å². The average molecular weight is 358 g/mol. The molecule has 0 saturated carbocycles. The van der Waals surface area contributed by atoms with Gasteiger partial charge in [-0.25, -0.2) is 9.97 Å². The van der Waals surface area contributed by atoms with Crippen LogP contribution in [0.25, 0.3) is 22.5 Å². The average Bonchev–Trinajstić information content (AvgIpc) is 2.61. The zero-order valence-corrected chi connectivity index (χ0v) is 13.3. The number of anilines is 1. The molecule has 26 heavy (non-hydrogen) atoms. The van der Waals surface area contributed by atoms with Gasteiger partial charge in [-0.1, -0.05) is 24.3 Å². The van der Waals surface area contributed by atoms with Crippen molar-refractivity contribution in [2.24, 2.45) is 5.73 Å². The lowest BCUT2D eigenvalue weighted by molar-refractivity contribution is -0.137. The molecule has 1 heterocycles. The molecular formula is C18H13F3N4O. The minimum absolute atomic E-state index is 0.0993. The summed E-state index contributed by atoms with van der Waals surface area (Å²) in [7, 11) is 0. The summed E-state index contributed by atoms with van der Waals surface area (Å²) in [6.45, 7) is 0. The number of carbonyl (C=O) groups excluding carboxylic acids is 1. The summed E-state index contributed by atoms with van der Waals surface area (Å²) >= 11 is 0. The smallest absolute Gasteiger partial charge is 0.382 e. The molecule has 5 nitrogen and oxygen atoms in total. The summed E-state index contributed by atoms with van der Waals surface area (Å²) in [6, 6.07) is 10.9. The van der Waals surface area contributed by atoms with Crippen molar-refractivity contribution in [3.63, 3.8) is 0 Å². The highest BCUT2D eigenvalue weighted by Crippen LogP contribution is 2.32. The highest BCUT2D eigenvalue weighted by Gasteiger charge is 2.30. The van der Waals surface area contributed by atoms with Gasteiger partial charge in [0, 0.05) is 16.7 Å². The first-order valence-corrected chi connectivity index (χ1v) is 7.46.